The first-order chi connectivity index (χ1) is 8.08. The lowest BCUT2D eigenvalue weighted by molar-refractivity contribution is -0.120. The van der Waals surface area contributed by atoms with Gasteiger partial charge in [0.1, 0.15) is 0 Å². The molecule has 0 aromatic carbocycles. The third kappa shape index (κ3) is 6.38. The van der Waals surface area contributed by atoms with E-state index in [1.54, 1.807) is 11.3 Å². The highest BCUT2D eigenvalue weighted by Gasteiger charge is 2.02. The average Bonchev–Trinajstić information content (AvgIpc) is 2.68. The van der Waals surface area contributed by atoms with Gasteiger partial charge in [-0.1, -0.05) is 13.8 Å². The lowest BCUT2D eigenvalue weighted by Gasteiger charge is -2.08. The lowest BCUT2D eigenvalue weighted by Crippen LogP contribution is -2.36. The number of hydrogen-bond acceptors (Lipinski definition) is 4. The molecule has 1 aromatic heterocycles. The van der Waals surface area contributed by atoms with E-state index in [4.69, 9.17) is 0 Å². The van der Waals surface area contributed by atoms with E-state index in [1.165, 1.54) is 0 Å². The summed E-state index contributed by atoms with van der Waals surface area (Å²) in [6, 6.07) is 0. The summed E-state index contributed by atoms with van der Waals surface area (Å²) in [6.45, 7) is 8.08. The van der Waals surface area contributed by atoms with E-state index in [2.05, 4.69) is 34.8 Å². The molecule has 0 radical (unpaired) electrons. The van der Waals surface area contributed by atoms with Gasteiger partial charge in [0.05, 0.1) is 17.2 Å². The first-order valence-corrected chi connectivity index (χ1v) is 6.84. The number of aromatic nitrogens is 1. The topological polar surface area (TPSA) is 54.0 Å². The lowest BCUT2D eigenvalue weighted by atomic mass is 10.2. The molecule has 5 heteroatoms. The quantitative estimate of drug-likeness (QED) is 0.723. The molecule has 0 aliphatic rings. The van der Waals surface area contributed by atoms with E-state index in [9.17, 15) is 4.79 Å². The Morgan fingerprint density at radius 2 is 2.29 bits per heavy atom. The molecule has 0 saturated heterocycles. The molecule has 0 fully saturated rings. The fraction of sp³-hybridized carbons (Fsp3) is 0.667. The van der Waals surface area contributed by atoms with Gasteiger partial charge in [-0.05, 0) is 12.8 Å². The third-order valence-corrected chi connectivity index (χ3v) is 3.04. The molecule has 0 aliphatic heterocycles. The van der Waals surface area contributed by atoms with E-state index in [0.29, 0.717) is 12.5 Å². The minimum atomic E-state index is 0.0631. The van der Waals surface area contributed by atoms with Gasteiger partial charge in [-0.2, -0.15) is 0 Å². The van der Waals surface area contributed by atoms with E-state index < -0.39 is 0 Å². The fourth-order valence-corrected chi connectivity index (χ4v) is 1.97. The van der Waals surface area contributed by atoms with Crippen LogP contribution in [-0.2, 0) is 11.2 Å². The normalized spacial score (nSPS) is 10.8. The maximum absolute atomic E-state index is 11.4. The SMILES string of the molecule is Cc1nc(CCNCC(=O)NCC(C)C)cs1. The summed E-state index contributed by atoms with van der Waals surface area (Å²) in [4.78, 5) is 15.7. The van der Waals surface area contributed by atoms with Crippen LogP contribution in [0.3, 0.4) is 0 Å². The van der Waals surface area contributed by atoms with Gasteiger partial charge < -0.3 is 10.6 Å². The number of aryl methyl sites for hydroxylation is 1. The second kappa shape index (κ2) is 7.40. The molecule has 4 nitrogen and oxygen atoms in total. The summed E-state index contributed by atoms with van der Waals surface area (Å²) in [5.41, 5.74) is 1.10. The second-order valence-corrected chi connectivity index (χ2v) is 5.54. The number of nitrogens with one attached hydrogen (secondary N) is 2. The molecule has 0 spiro atoms. The van der Waals surface area contributed by atoms with Crippen LogP contribution in [0.15, 0.2) is 5.38 Å². The molecule has 17 heavy (non-hydrogen) atoms. The summed E-state index contributed by atoms with van der Waals surface area (Å²) < 4.78 is 0. The molecule has 0 aliphatic carbocycles. The van der Waals surface area contributed by atoms with Crippen LogP contribution in [0, 0.1) is 12.8 Å². The number of rotatable bonds is 7. The fourth-order valence-electron chi connectivity index (χ4n) is 1.32. The zero-order valence-electron chi connectivity index (χ0n) is 10.7. The van der Waals surface area contributed by atoms with Crippen molar-refractivity contribution in [3.05, 3.63) is 16.1 Å². The number of carbonyl (C=O) groups excluding carboxylic acids is 1. The Bertz CT molecular complexity index is 349. The van der Waals surface area contributed by atoms with Crippen molar-refractivity contribution in [2.75, 3.05) is 19.6 Å². The van der Waals surface area contributed by atoms with Gasteiger partial charge in [0, 0.05) is 24.9 Å². The van der Waals surface area contributed by atoms with Gasteiger partial charge in [0.15, 0.2) is 0 Å². The Labute approximate surface area is 107 Å². The molecule has 0 atom stereocenters. The summed E-state index contributed by atoms with van der Waals surface area (Å²) in [5.74, 6) is 0.560. The molecular weight excluding hydrogens is 234 g/mol. The summed E-state index contributed by atoms with van der Waals surface area (Å²) in [7, 11) is 0. The van der Waals surface area contributed by atoms with Crippen LogP contribution in [0.5, 0.6) is 0 Å². The van der Waals surface area contributed by atoms with E-state index in [-0.39, 0.29) is 5.91 Å². The van der Waals surface area contributed by atoms with Gasteiger partial charge >= 0.3 is 0 Å². The number of thiazole rings is 1. The van der Waals surface area contributed by atoms with Gasteiger partial charge in [0.25, 0.3) is 0 Å². The molecule has 2 N–H and O–H groups in total. The summed E-state index contributed by atoms with van der Waals surface area (Å²) in [5, 5.41) is 9.15. The van der Waals surface area contributed by atoms with Gasteiger partial charge in [-0.15, -0.1) is 11.3 Å². The predicted octanol–water partition coefficient (Wildman–Crippen LogP) is 1.36. The van der Waals surface area contributed by atoms with Crippen LogP contribution in [-0.4, -0.2) is 30.5 Å². The highest BCUT2D eigenvalue weighted by molar-refractivity contribution is 7.09. The summed E-state index contributed by atoms with van der Waals surface area (Å²) >= 11 is 1.66. The number of hydrogen-bond donors (Lipinski definition) is 2. The molecule has 1 rings (SSSR count). The number of amides is 1. The Morgan fingerprint density at radius 1 is 1.53 bits per heavy atom. The Morgan fingerprint density at radius 3 is 2.88 bits per heavy atom. The van der Waals surface area contributed by atoms with Crippen molar-refractivity contribution in [3.8, 4) is 0 Å². The van der Waals surface area contributed by atoms with Crippen molar-refractivity contribution < 1.29 is 4.79 Å². The van der Waals surface area contributed by atoms with Crippen LogP contribution < -0.4 is 10.6 Å². The van der Waals surface area contributed by atoms with Crippen molar-refractivity contribution in [2.24, 2.45) is 5.92 Å². The maximum atomic E-state index is 11.4. The molecular formula is C12H21N3OS. The van der Waals surface area contributed by atoms with E-state index in [1.807, 2.05) is 6.92 Å². The predicted molar refractivity (Wildman–Crippen MR) is 71.3 cm³/mol. The van der Waals surface area contributed by atoms with Crippen LogP contribution in [0.4, 0.5) is 0 Å². The Hall–Kier alpha value is -0.940. The maximum Gasteiger partial charge on any atom is 0.233 e. The van der Waals surface area contributed by atoms with Crippen LogP contribution in [0.25, 0.3) is 0 Å². The van der Waals surface area contributed by atoms with Crippen LogP contribution in [0.1, 0.15) is 24.5 Å². The standard InChI is InChI=1S/C12H21N3OS/c1-9(2)6-14-12(16)7-13-5-4-11-8-17-10(3)15-11/h8-9,13H,4-7H2,1-3H3,(H,14,16). The van der Waals surface area contributed by atoms with Crippen LogP contribution >= 0.6 is 11.3 Å². The molecule has 0 saturated carbocycles. The molecule has 1 aromatic rings. The van der Waals surface area contributed by atoms with Crippen molar-refractivity contribution in [3.63, 3.8) is 0 Å². The minimum Gasteiger partial charge on any atom is -0.355 e. The molecule has 0 bridgehead atoms. The number of nitrogens with zero attached hydrogens (tertiary/aromatic N) is 1. The van der Waals surface area contributed by atoms with Crippen LogP contribution in [0.2, 0.25) is 0 Å². The minimum absolute atomic E-state index is 0.0631. The Kier molecular flexibility index (Phi) is 6.15. The molecule has 96 valence electrons. The van der Waals surface area contributed by atoms with E-state index in [0.717, 1.165) is 30.2 Å². The molecule has 1 amide bonds. The molecule has 1 heterocycles. The molecule has 0 unspecified atom stereocenters. The highest BCUT2D eigenvalue weighted by atomic mass is 32.1. The van der Waals surface area contributed by atoms with Crippen molar-refractivity contribution in [1.82, 2.24) is 15.6 Å². The van der Waals surface area contributed by atoms with E-state index >= 15 is 0 Å². The average molecular weight is 255 g/mol. The zero-order valence-corrected chi connectivity index (χ0v) is 11.6. The number of carbonyl (C=O) groups is 1. The van der Waals surface area contributed by atoms with Crippen molar-refractivity contribution in [1.29, 1.82) is 0 Å². The van der Waals surface area contributed by atoms with Crippen molar-refractivity contribution in [2.45, 2.75) is 27.2 Å². The van der Waals surface area contributed by atoms with Gasteiger partial charge in [-0.3, -0.25) is 4.79 Å². The first-order valence-electron chi connectivity index (χ1n) is 5.96. The highest BCUT2D eigenvalue weighted by Crippen LogP contribution is 2.07. The van der Waals surface area contributed by atoms with Gasteiger partial charge in [-0.25, -0.2) is 4.98 Å². The third-order valence-electron chi connectivity index (χ3n) is 2.22. The monoisotopic (exact) mass is 255 g/mol. The van der Waals surface area contributed by atoms with Crippen molar-refractivity contribution >= 4 is 17.2 Å². The summed E-state index contributed by atoms with van der Waals surface area (Å²) in [6.07, 6.45) is 0.877. The second-order valence-electron chi connectivity index (χ2n) is 4.48. The first kappa shape index (κ1) is 14.1. The van der Waals surface area contributed by atoms with Gasteiger partial charge in [0.2, 0.25) is 5.91 Å². The smallest absolute Gasteiger partial charge is 0.233 e. The Balaban J connectivity index is 2.06. The zero-order chi connectivity index (χ0) is 12.7. The largest absolute Gasteiger partial charge is 0.355 e.